The molecule has 0 radical (unpaired) electrons. The lowest BCUT2D eigenvalue weighted by molar-refractivity contribution is -0.132. The summed E-state index contributed by atoms with van der Waals surface area (Å²) in [6.45, 7) is 1.63. The molecule has 2 aliphatic rings. The van der Waals surface area contributed by atoms with Crippen LogP contribution in [0.2, 0.25) is 0 Å². The average molecular weight is 431 g/mol. The van der Waals surface area contributed by atoms with Crippen LogP contribution in [0.1, 0.15) is 22.7 Å². The molecule has 6 nitrogen and oxygen atoms in total. The third kappa shape index (κ3) is 3.10. The van der Waals surface area contributed by atoms with Crippen molar-refractivity contribution in [3.8, 4) is 11.5 Å². The molecule has 0 saturated carbocycles. The number of carbonyl (C=O) groups excluding carboxylic acids is 2. The fourth-order valence-electron chi connectivity index (χ4n) is 4.03. The van der Waals surface area contributed by atoms with Gasteiger partial charge in [0.1, 0.15) is 11.6 Å². The number of aliphatic hydroxyl groups is 1. The lowest BCUT2D eigenvalue weighted by Crippen LogP contribution is -2.29. The summed E-state index contributed by atoms with van der Waals surface area (Å²) in [5, 5.41) is 11.1. The van der Waals surface area contributed by atoms with Gasteiger partial charge in [-0.3, -0.25) is 14.5 Å². The van der Waals surface area contributed by atoms with E-state index in [1.807, 2.05) is 6.07 Å². The van der Waals surface area contributed by atoms with Gasteiger partial charge in [-0.2, -0.15) is 0 Å². The Kier molecular flexibility index (Phi) is 4.66. The van der Waals surface area contributed by atoms with E-state index in [1.165, 1.54) is 23.1 Å². The Morgan fingerprint density at radius 1 is 1.00 bits per heavy atom. The predicted octanol–water partition coefficient (Wildman–Crippen LogP) is 4.49. The largest absolute Gasteiger partial charge is 0.507 e. The van der Waals surface area contributed by atoms with Crippen LogP contribution in [0.4, 0.5) is 10.1 Å². The molecule has 1 atom stereocenters. The molecule has 1 fully saturated rings. The monoisotopic (exact) mass is 431 g/mol. The summed E-state index contributed by atoms with van der Waals surface area (Å²) in [5.41, 5.74) is 1.58. The summed E-state index contributed by atoms with van der Waals surface area (Å²) < 4.78 is 24.5. The van der Waals surface area contributed by atoms with Crippen LogP contribution in [0.25, 0.3) is 5.76 Å². The summed E-state index contributed by atoms with van der Waals surface area (Å²) in [5.74, 6) is -1.38. The Hall–Kier alpha value is -4.13. The first kappa shape index (κ1) is 19.8. The van der Waals surface area contributed by atoms with E-state index in [-0.39, 0.29) is 23.7 Å². The maximum absolute atomic E-state index is 13.8. The molecule has 0 aromatic heterocycles. The summed E-state index contributed by atoms with van der Waals surface area (Å²) in [7, 11) is 0. The molecular formula is C25H18FNO5. The zero-order chi connectivity index (χ0) is 22.4. The number of hydrogen-bond acceptors (Lipinski definition) is 5. The Labute approximate surface area is 183 Å². The molecule has 7 heteroatoms. The number of nitrogens with zero attached hydrogens (tertiary/aromatic N) is 1. The highest BCUT2D eigenvalue weighted by Gasteiger charge is 2.47. The minimum absolute atomic E-state index is 0.0649. The first-order chi connectivity index (χ1) is 15.5. The van der Waals surface area contributed by atoms with Crippen LogP contribution in [0.15, 0.2) is 72.3 Å². The Morgan fingerprint density at radius 3 is 2.50 bits per heavy atom. The molecule has 0 aliphatic carbocycles. The van der Waals surface area contributed by atoms with Gasteiger partial charge in [-0.1, -0.05) is 30.3 Å². The number of amides is 1. The number of rotatable bonds is 3. The van der Waals surface area contributed by atoms with Crippen molar-refractivity contribution in [1.82, 2.24) is 0 Å². The van der Waals surface area contributed by atoms with Crippen molar-refractivity contribution in [2.24, 2.45) is 0 Å². The molecule has 1 N–H and O–H groups in total. The summed E-state index contributed by atoms with van der Waals surface area (Å²) in [4.78, 5) is 27.6. The number of anilines is 1. The Balaban J connectivity index is 1.70. The number of ketones is 1. The number of halogens is 1. The van der Waals surface area contributed by atoms with E-state index < -0.39 is 23.5 Å². The molecule has 1 saturated heterocycles. The van der Waals surface area contributed by atoms with E-state index in [0.29, 0.717) is 28.3 Å². The lowest BCUT2D eigenvalue weighted by atomic mass is 9.94. The number of aliphatic hydroxyl groups excluding tert-OH is 1. The van der Waals surface area contributed by atoms with Crippen LogP contribution in [0.5, 0.6) is 11.5 Å². The second kappa shape index (κ2) is 7.53. The van der Waals surface area contributed by atoms with Gasteiger partial charge in [0.2, 0.25) is 6.79 Å². The third-order valence-corrected chi connectivity index (χ3v) is 5.63. The first-order valence-electron chi connectivity index (χ1n) is 9.98. The van der Waals surface area contributed by atoms with Crippen molar-refractivity contribution < 1.29 is 28.6 Å². The molecular weight excluding hydrogens is 413 g/mol. The van der Waals surface area contributed by atoms with Gasteiger partial charge in [0.15, 0.2) is 11.5 Å². The predicted molar refractivity (Wildman–Crippen MR) is 115 cm³/mol. The molecule has 160 valence electrons. The number of fused-ring (bicyclic) bond motifs is 1. The van der Waals surface area contributed by atoms with Gasteiger partial charge in [-0.15, -0.1) is 0 Å². The van der Waals surface area contributed by atoms with Crippen LogP contribution in [-0.4, -0.2) is 23.6 Å². The van der Waals surface area contributed by atoms with E-state index >= 15 is 0 Å². The quantitative estimate of drug-likeness (QED) is 0.376. The van der Waals surface area contributed by atoms with E-state index in [0.717, 1.165) is 0 Å². The lowest BCUT2D eigenvalue weighted by Gasteiger charge is -2.25. The highest BCUT2D eigenvalue weighted by atomic mass is 19.1. The molecule has 2 aliphatic heterocycles. The molecule has 3 aromatic carbocycles. The van der Waals surface area contributed by atoms with Crippen molar-refractivity contribution in [3.05, 3.63) is 94.8 Å². The Bertz CT molecular complexity index is 1280. The first-order valence-corrected chi connectivity index (χ1v) is 9.98. The number of Topliss-reactive ketones (excluding diaryl/α,β-unsaturated/α-hetero) is 1. The highest BCUT2D eigenvalue weighted by molar-refractivity contribution is 6.51. The number of carbonyl (C=O) groups is 2. The molecule has 32 heavy (non-hydrogen) atoms. The Morgan fingerprint density at radius 2 is 1.75 bits per heavy atom. The van der Waals surface area contributed by atoms with Crippen molar-refractivity contribution in [1.29, 1.82) is 0 Å². The van der Waals surface area contributed by atoms with Gasteiger partial charge in [0, 0.05) is 17.3 Å². The summed E-state index contributed by atoms with van der Waals surface area (Å²) in [6, 6.07) is 17.1. The van der Waals surface area contributed by atoms with Gasteiger partial charge in [0.25, 0.3) is 11.7 Å². The molecule has 0 spiro atoms. The van der Waals surface area contributed by atoms with Crippen LogP contribution in [0.3, 0.4) is 0 Å². The summed E-state index contributed by atoms with van der Waals surface area (Å²) in [6.07, 6.45) is 0. The number of aryl methyl sites for hydroxylation is 1. The normalized spacial score (nSPS) is 18.9. The zero-order valence-corrected chi connectivity index (χ0v) is 17.0. The number of ether oxygens (including phenoxy) is 2. The van der Waals surface area contributed by atoms with Crippen LogP contribution < -0.4 is 14.4 Å². The third-order valence-electron chi connectivity index (χ3n) is 5.63. The second-order valence-electron chi connectivity index (χ2n) is 7.58. The summed E-state index contributed by atoms with van der Waals surface area (Å²) >= 11 is 0. The maximum atomic E-state index is 13.8. The minimum atomic E-state index is -0.873. The number of hydrogen-bond donors (Lipinski definition) is 1. The zero-order valence-electron chi connectivity index (χ0n) is 17.0. The maximum Gasteiger partial charge on any atom is 0.300 e. The van der Waals surface area contributed by atoms with Gasteiger partial charge in [0.05, 0.1) is 11.6 Å². The van der Waals surface area contributed by atoms with Crippen LogP contribution in [0, 0.1) is 12.7 Å². The number of benzene rings is 3. The molecule has 0 bridgehead atoms. The average Bonchev–Trinajstić information content (AvgIpc) is 3.38. The van der Waals surface area contributed by atoms with E-state index in [1.54, 1.807) is 49.4 Å². The fraction of sp³-hybridized carbons (Fsp3) is 0.120. The smallest absolute Gasteiger partial charge is 0.300 e. The van der Waals surface area contributed by atoms with Gasteiger partial charge >= 0.3 is 0 Å². The van der Waals surface area contributed by atoms with Gasteiger partial charge in [-0.05, 0) is 48.4 Å². The molecule has 2 heterocycles. The highest BCUT2D eigenvalue weighted by Crippen LogP contribution is 2.44. The molecule has 5 rings (SSSR count). The molecule has 1 unspecified atom stereocenters. The van der Waals surface area contributed by atoms with Crippen molar-refractivity contribution in [2.45, 2.75) is 13.0 Å². The van der Waals surface area contributed by atoms with Gasteiger partial charge < -0.3 is 14.6 Å². The van der Waals surface area contributed by atoms with Crippen molar-refractivity contribution >= 4 is 23.1 Å². The van der Waals surface area contributed by atoms with Crippen molar-refractivity contribution in [2.75, 3.05) is 11.7 Å². The topological polar surface area (TPSA) is 76.1 Å². The van der Waals surface area contributed by atoms with Crippen LogP contribution >= 0.6 is 0 Å². The SMILES string of the molecule is Cc1cc(/C(O)=C2\C(=O)C(=O)N(c3ccc4c(c3)OCO4)C2c2ccccc2)ccc1F. The minimum Gasteiger partial charge on any atom is -0.507 e. The van der Waals surface area contributed by atoms with E-state index in [2.05, 4.69) is 0 Å². The second-order valence-corrected chi connectivity index (χ2v) is 7.58. The van der Waals surface area contributed by atoms with Crippen molar-refractivity contribution in [3.63, 3.8) is 0 Å². The molecule has 1 amide bonds. The van der Waals surface area contributed by atoms with Crippen LogP contribution in [-0.2, 0) is 9.59 Å². The fourth-order valence-corrected chi connectivity index (χ4v) is 4.03. The van der Waals surface area contributed by atoms with E-state index in [9.17, 15) is 19.1 Å². The van der Waals surface area contributed by atoms with E-state index in [4.69, 9.17) is 9.47 Å². The molecule has 3 aromatic rings. The standard InChI is InChI=1S/C25H18FNO5/c1-14-11-16(7-9-18(14)26)23(28)21-22(15-5-3-2-4-6-15)27(25(30)24(21)29)17-8-10-19-20(12-17)32-13-31-19/h2-12,22,28H,13H2,1H3/b23-21+. The van der Waals surface area contributed by atoms with Gasteiger partial charge in [-0.25, -0.2) is 4.39 Å².